The summed E-state index contributed by atoms with van der Waals surface area (Å²) in [4.78, 5) is 10.4. The number of carbonyl (C=O) groups excluding carboxylic acids is 1. The number of nitrogens with two attached hydrogens (primary N) is 1. The maximum Gasteiger partial charge on any atom is 0.241 e. The fourth-order valence-corrected chi connectivity index (χ4v) is 1.28. The molecule has 0 unspecified atom stereocenters. The first kappa shape index (κ1) is 11.0. The van der Waals surface area contributed by atoms with Crippen LogP contribution in [0.3, 0.4) is 0 Å². The highest BCUT2D eigenvalue weighted by Crippen LogP contribution is 2.25. The predicted octanol–water partition coefficient (Wildman–Crippen LogP) is 2.63. The molecule has 1 rings (SSSR count). The standard InChI is InChI=1S/C9H6Cl2FNO/c10-6-4-7(11)8(12)3-5(6)1-2-9(13)14/h1-4H,(H2,13,14). The van der Waals surface area contributed by atoms with Crippen molar-refractivity contribution < 1.29 is 9.18 Å². The van der Waals surface area contributed by atoms with E-state index in [2.05, 4.69) is 0 Å². The van der Waals surface area contributed by atoms with Crippen LogP contribution in [0.4, 0.5) is 4.39 Å². The summed E-state index contributed by atoms with van der Waals surface area (Å²) in [5.41, 5.74) is 5.22. The molecule has 2 N–H and O–H groups in total. The normalized spacial score (nSPS) is 10.8. The first-order valence-corrected chi connectivity index (χ1v) is 4.38. The summed E-state index contributed by atoms with van der Waals surface area (Å²) in [6, 6.07) is 2.39. The van der Waals surface area contributed by atoms with E-state index in [-0.39, 0.29) is 10.0 Å². The molecular formula is C9H6Cl2FNO. The Bertz CT molecular complexity index is 404. The van der Waals surface area contributed by atoms with E-state index in [1.165, 1.54) is 12.1 Å². The Morgan fingerprint density at radius 3 is 2.57 bits per heavy atom. The van der Waals surface area contributed by atoms with Crippen molar-refractivity contribution in [3.8, 4) is 0 Å². The zero-order valence-electron chi connectivity index (χ0n) is 6.93. The van der Waals surface area contributed by atoms with Gasteiger partial charge in [-0.25, -0.2) is 4.39 Å². The minimum absolute atomic E-state index is 0.0637. The van der Waals surface area contributed by atoms with Crippen molar-refractivity contribution in [1.82, 2.24) is 0 Å². The number of amides is 1. The van der Waals surface area contributed by atoms with Crippen molar-refractivity contribution in [2.45, 2.75) is 0 Å². The van der Waals surface area contributed by atoms with Gasteiger partial charge in [0.2, 0.25) is 5.91 Å². The molecule has 1 amide bonds. The van der Waals surface area contributed by atoms with Gasteiger partial charge in [0.15, 0.2) is 0 Å². The molecule has 0 atom stereocenters. The Hall–Kier alpha value is -1.06. The number of hydrogen-bond acceptors (Lipinski definition) is 1. The highest BCUT2D eigenvalue weighted by molar-refractivity contribution is 6.35. The van der Waals surface area contributed by atoms with Gasteiger partial charge in [-0.3, -0.25) is 4.79 Å². The number of primary amides is 1. The molecule has 0 aliphatic rings. The molecule has 2 nitrogen and oxygen atoms in total. The van der Waals surface area contributed by atoms with Gasteiger partial charge in [0, 0.05) is 11.1 Å². The Morgan fingerprint density at radius 1 is 1.36 bits per heavy atom. The molecule has 0 radical (unpaired) electrons. The second-order valence-electron chi connectivity index (χ2n) is 2.52. The van der Waals surface area contributed by atoms with Crippen molar-refractivity contribution in [3.63, 3.8) is 0 Å². The molecule has 0 aliphatic heterocycles. The van der Waals surface area contributed by atoms with Crippen LogP contribution >= 0.6 is 23.2 Å². The number of halogens is 3. The summed E-state index contributed by atoms with van der Waals surface area (Å²) in [5.74, 6) is -1.23. The maximum absolute atomic E-state index is 12.9. The lowest BCUT2D eigenvalue weighted by Crippen LogP contribution is -2.05. The molecule has 74 valence electrons. The zero-order valence-corrected chi connectivity index (χ0v) is 8.44. The van der Waals surface area contributed by atoms with Crippen LogP contribution < -0.4 is 5.73 Å². The lowest BCUT2D eigenvalue weighted by molar-refractivity contribution is -0.113. The summed E-state index contributed by atoms with van der Waals surface area (Å²) < 4.78 is 12.9. The second kappa shape index (κ2) is 4.44. The Balaban J connectivity index is 3.10. The fraction of sp³-hybridized carbons (Fsp3) is 0. The second-order valence-corrected chi connectivity index (χ2v) is 3.34. The third-order valence-corrected chi connectivity index (χ3v) is 2.08. The van der Waals surface area contributed by atoms with Crippen LogP contribution in [0, 0.1) is 5.82 Å². The van der Waals surface area contributed by atoms with Gasteiger partial charge in [0.05, 0.1) is 5.02 Å². The molecule has 0 saturated carbocycles. The minimum atomic E-state index is -0.628. The van der Waals surface area contributed by atoms with E-state index in [0.717, 1.165) is 12.1 Å². The monoisotopic (exact) mass is 233 g/mol. The molecule has 0 fully saturated rings. The van der Waals surface area contributed by atoms with Crippen LogP contribution in [-0.2, 0) is 4.79 Å². The van der Waals surface area contributed by atoms with Crippen LogP contribution in [0.15, 0.2) is 18.2 Å². The van der Waals surface area contributed by atoms with E-state index in [0.29, 0.717) is 5.56 Å². The lowest BCUT2D eigenvalue weighted by atomic mass is 10.2. The van der Waals surface area contributed by atoms with E-state index < -0.39 is 11.7 Å². The summed E-state index contributed by atoms with van der Waals surface area (Å²) in [5, 5.41) is 0.195. The first-order chi connectivity index (χ1) is 6.50. The molecule has 0 spiro atoms. The van der Waals surface area contributed by atoms with Crippen molar-refractivity contribution in [2.24, 2.45) is 5.73 Å². The summed E-state index contributed by atoms with van der Waals surface area (Å²) in [6.07, 6.45) is 2.42. The Kier molecular flexibility index (Phi) is 3.49. The van der Waals surface area contributed by atoms with Crippen LogP contribution in [0.2, 0.25) is 10.0 Å². The van der Waals surface area contributed by atoms with Crippen LogP contribution in [-0.4, -0.2) is 5.91 Å². The van der Waals surface area contributed by atoms with Crippen LogP contribution in [0.25, 0.3) is 6.08 Å². The minimum Gasteiger partial charge on any atom is -0.366 e. The van der Waals surface area contributed by atoms with Crippen LogP contribution in [0.5, 0.6) is 0 Å². The maximum atomic E-state index is 12.9. The van der Waals surface area contributed by atoms with Crippen molar-refractivity contribution in [2.75, 3.05) is 0 Å². The van der Waals surface area contributed by atoms with Gasteiger partial charge in [-0.2, -0.15) is 0 Å². The number of rotatable bonds is 2. The average molecular weight is 234 g/mol. The van der Waals surface area contributed by atoms with E-state index in [1.54, 1.807) is 0 Å². The quantitative estimate of drug-likeness (QED) is 0.620. The number of carbonyl (C=O) groups is 1. The molecule has 0 aromatic heterocycles. The molecule has 0 bridgehead atoms. The average Bonchev–Trinajstić information content (AvgIpc) is 2.09. The van der Waals surface area contributed by atoms with E-state index in [1.807, 2.05) is 0 Å². The zero-order chi connectivity index (χ0) is 10.7. The molecular weight excluding hydrogens is 228 g/mol. The number of benzene rings is 1. The lowest BCUT2D eigenvalue weighted by Gasteiger charge is -1.99. The van der Waals surface area contributed by atoms with E-state index in [4.69, 9.17) is 28.9 Å². The first-order valence-electron chi connectivity index (χ1n) is 3.63. The highest BCUT2D eigenvalue weighted by Gasteiger charge is 2.04. The summed E-state index contributed by atoms with van der Waals surface area (Å²) in [6.45, 7) is 0. The topological polar surface area (TPSA) is 43.1 Å². The molecule has 1 aromatic rings. The van der Waals surface area contributed by atoms with E-state index >= 15 is 0 Å². The SMILES string of the molecule is NC(=O)C=Cc1cc(F)c(Cl)cc1Cl. The molecule has 5 heteroatoms. The third-order valence-electron chi connectivity index (χ3n) is 1.47. The van der Waals surface area contributed by atoms with Gasteiger partial charge >= 0.3 is 0 Å². The molecule has 1 aromatic carbocycles. The number of hydrogen-bond donors (Lipinski definition) is 1. The van der Waals surface area contributed by atoms with Gasteiger partial charge < -0.3 is 5.73 Å². The Morgan fingerprint density at radius 2 is 2.00 bits per heavy atom. The van der Waals surface area contributed by atoms with E-state index in [9.17, 15) is 9.18 Å². The van der Waals surface area contributed by atoms with Crippen molar-refractivity contribution >= 4 is 35.2 Å². The molecule has 0 saturated heterocycles. The van der Waals surface area contributed by atoms with Gasteiger partial charge in [0.1, 0.15) is 5.82 Å². The van der Waals surface area contributed by atoms with Crippen LogP contribution in [0.1, 0.15) is 5.56 Å². The fourth-order valence-electron chi connectivity index (χ4n) is 0.838. The Labute approximate surface area is 90.1 Å². The molecule has 0 aliphatic carbocycles. The summed E-state index contributed by atoms with van der Waals surface area (Å²) >= 11 is 11.2. The van der Waals surface area contributed by atoms with Gasteiger partial charge in [-0.05, 0) is 23.8 Å². The summed E-state index contributed by atoms with van der Waals surface area (Å²) in [7, 11) is 0. The highest BCUT2D eigenvalue weighted by atomic mass is 35.5. The predicted molar refractivity (Wildman–Crippen MR) is 54.6 cm³/mol. The third kappa shape index (κ3) is 2.72. The largest absolute Gasteiger partial charge is 0.366 e. The molecule has 14 heavy (non-hydrogen) atoms. The van der Waals surface area contributed by atoms with Crippen molar-refractivity contribution in [3.05, 3.63) is 39.6 Å². The van der Waals surface area contributed by atoms with Gasteiger partial charge in [0.25, 0.3) is 0 Å². The van der Waals surface area contributed by atoms with Gasteiger partial charge in [-0.1, -0.05) is 23.2 Å². The smallest absolute Gasteiger partial charge is 0.241 e. The molecule has 0 heterocycles. The van der Waals surface area contributed by atoms with Gasteiger partial charge in [-0.15, -0.1) is 0 Å². The van der Waals surface area contributed by atoms with Crippen molar-refractivity contribution in [1.29, 1.82) is 0 Å².